The number of carbonyl (C=O) groups excluding carboxylic acids is 2. The Morgan fingerprint density at radius 3 is 2.00 bits per heavy atom. The van der Waals surface area contributed by atoms with Crippen LogP contribution in [-0.2, 0) is 32.6 Å². The van der Waals surface area contributed by atoms with E-state index in [1.165, 1.54) is 16.4 Å². The SMILES string of the molecule is Cc1cccc(CN(C(=O)CN(c2cc(C)cc(C)c2)S(=O)(=O)c2ccccc2)[C@@H](Cc2ccccc2)C(=O)NC2CCCCC2)c1. The molecule has 1 aliphatic rings. The van der Waals surface area contributed by atoms with Crippen molar-refractivity contribution in [1.29, 1.82) is 0 Å². The Hall–Kier alpha value is -4.43. The first kappa shape index (κ1) is 33.9. The van der Waals surface area contributed by atoms with E-state index in [1.807, 2.05) is 81.4 Å². The molecule has 1 N–H and O–H groups in total. The summed E-state index contributed by atoms with van der Waals surface area (Å²) >= 11 is 0. The van der Waals surface area contributed by atoms with E-state index in [9.17, 15) is 18.0 Å². The highest BCUT2D eigenvalue weighted by Crippen LogP contribution is 2.27. The van der Waals surface area contributed by atoms with Crippen molar-refractivity contribution in [3.05, 3.63) is 131 Å². The van der Waals surface area contributed by atoms with Gasteiger partial charge in [0.25, 0.3) is 10.0 Å². The molecule has 1 saturated carbocycles. The van der Waals surface area contributed by atoms with Crippen LogP contribution in [0.2, 0.25) is 0 Å². The Kier molecular flexibility index (Phi) is 11.1. The van der Waals surface area contributed by atoms with Crippen LogP contribution in [0.4, 0.5) is 5.69 Å². The number of nitrogens with one attached hydrogen (secondary N) is 1. The molecule has 8 heteroatoms. The average Bonchev–Trinajstić information content (AvgIpc) is 3.06. The summed E-state index contributed by atoms with van der Waals surface area (Å²) in [5, 5.41) is 3.26. The minimum Gasteiger partial charge on any atom is -0.352 e. The monoisotopic (exact) mass is 651 g/mol. The number of hydrogen-bond donors (Lipinski definition) is 1. The van der Waals surface area contributed by atoms with Gasteiger partial charge in [-0.15, -0.1) is 0 Å². The fourth-order valence-electron chi connectivity index (χ4n) is 6.45. The number of amides is 2. The second-order valence-corrected chi connectivity index (χ2v) is 14.6. The quantitative estimate of drug-likeness (QED) is 0.181. The largest absolute Gasteiger partial charge is 0.352 e. The molecule has 0 spiro atoms. The van der Waals surface area contributed by atoms with Gasteiger partial charge in [-0.3, -0.25) is 13.9 Å². The lowest BCUT2D eigenvalue weighted by Crippen LogP contribution is -2.55. The van der Waals surface area contributed by atoms with E-state index in [4.69, 9.17) is 0 Å². The van der Waals surface area contributed by atoms with Gasteiger partial charge in [-0.05, 0) is 80.1 Å². The molecule has 2 amide bonds. The van der Waals surface area contributed by atoms with Gasteiger partial charge >= 0.3 is 0 Å². The second kappa shape index (κ2) is 15.4. The third-order valence-electron chi connectivity index (χ3n) is 8.76. The third kappa shape index (κ3) is 8.89. The van der Waals surface area contributed by atoms with Crippen molar-refractivity contribution < 1.29 is 18.0 Å². The van der Waals surface area contributed by atoms with Gasteiger partial charge in [0.05, 0.1) is 10.6 Å². The van der Waals surface area contributed by atoms with Crippen molar-refractivity contribution in [2.75, 3.05) is 10.8 Å². The maximum Gasteiger partial charge on any atom is 0.264 e. The number of hydrogen-bond acceptors (Lipinski definition) is 4. The number of anilines is 1. The summed E-state index contributed by atoms with van der Waals surface area (Å²) in [6, 6.07) is 30.4. The molecule has 4 aromatic carbocycles. The highest BCUT2D eigenvalue weighted by molar-refractivity contribution is 7.92. The molecule has 1 fully saturated rings. The summed E-state index contributed by atoms with van der Waals surface area (Å²) in [5.41, 5.74) is 4.98. The Balaban J connectivity index is 1.58. The summed E-state index contributed by atoms with van der Waals surface area (Å²) in [4.78, 5) is 30.6. The Morgan fingerprint density at radius 2 is 1.36 bits per heavy atom. The summed E-state index contributed by atoms with van der Waals surface area (Å²) in [7, 11) is -4.14. The molecule has 0 bridgehead atoms. The molecule has 7 nitrogen and oxygen atoms in total. The summed E-state index contributed by atoms with van der Waals surface area (Å²) < 4.78 is 29.7. The van der Waals surface area contributed by atoms with Gasteiger partial charge in [-0.1, -0.05) is 104 Å². The van der Waals surface area contributed by atoms with Crippen molar-refractivity contribution >= 4 is 27.5 Å². The summed E-state index contributed by atoms with van der Waals surface area (Å²) in [6.07, 6.45) is 5.38. The van der Waals surface area contributed by atoms with E-state index >= 15 is 0 Å². The zero-order valence-corrected chi connectivity index (χ0v) is 28.4. The van der Waals surface area contributed by atoms with E-state index < -0.39 is 28.5 Å². The highest BCUT2D eigenvalue weighted by atomic mass is 32.2. The fraction of sp³-hybridized carbons (Fsp3) is 0.333. The molecule has 0 aliphatic heterocycles. The number of benzene rings is 4. The van der Waals surface area contributed by atoms with Crippen LogP contribution >= 0.6 is 0 Å². The van der Waals surface area contributed by atoms with Crippen molar-refractivity contribution in [2.45, 2.75) is 82.8 Å². The first-order valence-electron chi connectivity index (χ1n) is 16.5. The van der Waals surface area contributed by atoms with Crippen LogP contribution in [-0.4, -0.2) is 43.8 Å². The lowest BCUT2D eigenvalue weighted by Gasteiger charge is -2.35. The van der Waals surface area contributed by atoms with E-state index in [0.717, 1.165) is 59.9 Å². The number of carbonyl (C=O) groups is 2. The molecule has 0 radical (unpaired) electrons. The van der Waals surface area contributed by atoms with Crippen molar-refractivity contribution in [1.82, 2.24) is 10.2 Å². The van der Waals surface area contributed by atoms with Gasteiger partial charge in [0.2, 0.25) is 11.8 Å². The van der Waals surface area contributed by atoms with Gasteiger partial charge in [0.1, 0.15) is 12.6 Å². The first-order valence-corrected chi connectivity index (χ1v) is 17.9. The molecule has 246 valence electrons. The lowest BCUT2D eigenvalue weighted by molar-refractivity contribution is -0.140. The number of rotatable bonds is 12. The van der Waals surface area contributed by atoms with Gasteiger partial charge in [-0.2, -0.15) is 0 Å². The molecule has 1 atom stereocenters. The molecule has 0 aromatic heterocycles. The van der Waals surface area contributed by atoms with Gasteiger partial charge in [0, 0.05) is 19.0 Å². The van der Waals surface area contributed by atoms with E-state index in [2.05, 4.69) is 5.32 Å². The molecule has 1 aliphatic carbocycles. The minimum atomic E-state index is -4.14. The molecule has 47 heavy (non-hydrogen) atoms. The van der Waals surface area contributed by atoms with Crippen molar-refractivity contribution in [2.24, 2.45) is 0 Å². The standard InChI is InChI=1S/C39H45N3O4S/c1-29-14-13-17-33(23-29)27-41(37(26-32-15-7-4-8-16-32)39(44)40-34-18-9-5-10-19-34)38(43)28-42(35-24-30(2)22-31(3)25-35)47(45,46)36-20-11-6-12-21-36/h4,6-8,11-17,20-25,34,37H,5,9-10,18-19,26-28H2,1-3H3,(H,40,44)/t37-/m0/s1. The van der Waals surface area contributed by atoms with Crippen molar-refractivity contribution in [3.8, 4) is 0 Å². The molecule has 0 unspecified atom stereocenters. The van der Waals surface area contributed by atoms with E-state index in [0.29, 0.717) is 12.1 Å². The van der Waals surface area contributed by atoms with Crippen LogP contribution in [0, 0.1) is 20.8 Å². The normalized spacial score (nSPS) is 14.3. The smallest absolute Gasteiger partial charge is 0.264 e. The van der Waals surface area contributed by atoms with Crippen LogP contribution in [0.15, 0.2) is 108 Å². The molecular formula is C39H45N3O4S. The summed E-state index contributed by atoms with van der Waals surface area (Å²) in [5.74, 6) is -0.671. The predicted octanol–water partition coefficient (Wildman–Crippen LogP) is 6.90. The molecular weight excluding hydrogens is 607 g/mol. The third-order valence-corrected chi connectivity index (χ3v) is 10.6. The van der Waals surface area contributed by atoms with Crippen LogP contribution in [0.3, 0.4) is 0 Å². The Bertz CT molecular complexity index is 1750. The zero-order chi connectivity index (χ0) is 33.4. The molecule has 4 aromatic rings. The number of aryl methyl sites for hydroxylation is 3. The van der Waals surface area contributed by atoms with Gasteiger partial charge in [-0.25, -0.2) is 8.42 Å². The van der Waals surface area contributed by atoms with E-state index in [1.54, 1.807) is 35.2 Å². The highest BCUT2D eigenvalue weighted by Gasteiger charge is 2.35. The maximum absolute atomic E-state index is 14.7. The van der Waals surface area contributed by atoms with Crippen LogP contribution < -0.4 is 9.62 Å². The minimum absolute atomic E-state index is 0.0515. The van der Waals surface area contributed by atoms with Gasteiger partial charge in [0.15, 0.2) is 0 Å². The predicted molar refractivity (Wildman–Crippen MR) is 188 cm³/mol. The zero-order valence-electron chi connectivity index (χ0n) is 27.6. The van der Waals surface area contributed by atoms with Crippen molar-refractivity contribution in [3.63, 3.8) is 0 Å². The Morgan fingerprint density at radius 1 is 0.745 bits per heavy atom. The molecule has 0 saturated heterocycles. The maximum atomic E-state index is 14.7. The van der Waals surface area contributed by atoms with Gasteiger partial charge < -0.3 is 10.2 Å². The van der Waals surface area contributed by atoms with Crippen LogP contribution in [0.5, 0.6) is 0 Å². The second-order valence-electron chi connectivity index (χ2n) is 12.7. The lowest BCUT2D eigenvalue weighted by atomic mass is 9.94. The van der Waals surface area contributed by atoms with Crippen LogP contribution in [0.25, 0.3) is 0 Å². The molecule has 5 rings (SSSR count). The van der Waals surface area contributed by atoms with Crippen LogP contribution in [0.1, 0.15) is 59.9 Å². The number of sulfonamides is 1. The van der Waals surface area contributed by atoms with E-state index in [-0.39, 0.29) is 23.4 Å². The Labute approximate surface area is 279 Å². The average molecular weight is 652 g/mol. The summed E-state index contributed by atoms with van der Waals surface area (Å²) in [6.45, 7) is 5.49. The first-order chi connectivity index (χ1) is 22.6. The number of nitrogens with zero attached hydrogens (tertiary/aromatic N) is 2. The fourth-order valence-corrected chi connectivity index (χ4v) is 7.87. The topological polar surface area (TPSA) is 86.8 Å². The molecule has 0 heterocycles.